The normalized spacial score (nSPS) is 12.2. The Morgan fingerprint density at radius 3 is 2.50 bits per heavy atom. The largest absolute Gasteiger partial charge is 0.389 e. The molecule has 0 fully saturated rings. The second-order valence-corrected chi connectivity index (χ2v) is 8.07. The predicted molar refractivity (Wildman–Crippen MR) is 83.8 cm³/mol. The number of rotatable bonds is 5. The Hall–Kier alpha value is -1.21. The van der Waals surface area contributed by atoms with E-state index in [0.717, 1.165) is 6.07 Å². The van der Waals surface area contributed by atoms with Gasteiger partial charge in [0.1, 0.15) is 10.8 Å². The first-order chi connectivity index (χ1) is 9.00. The van der Waals surface area contributed by atoms with Gasteiger partial charge in [-0.15, -0.1) is 0 Å². The standard InChI is InChI=1S/C13H19FN2O2S2/c1-13(2,3)6-7-20(17,18)16-9-4-5-11(14)10(8-9)12(15)19/h4-5,8,16H,6-7H2,1-3H3,(H2,15,19). The number of hydrogen-bond acceptors (Lipinski definition) is 3. The summed E-state index contributed by atoms with van der Waals surface area (Å²) >= 11 is 4.71. The van der Waals surface area contributed by atoms with E-state index < -0.39 is 15.8 Å². The van der Waals surface area contributed by atoms with E-state index in [2.05, 4.69) is 4.72 Å². The molecule has 0 bridgehead atoms. The lowest BCUT2D eigenvalue weighted by Crippen LogP contribution is -2.21. The first-order valence-corrected chi connectivity index (χ1v) is 8.16. The molecule has 0 radical (unpaired) electrons. The van der Waals surface area contributed by atoms with Crippen molar-refractivity contribution in [2.24, 2.45) is 11.1 Å². The number of thiocarbonyl (C=S) groups is 1. The van der Waals surface area contributed by atoms with E-state index in [1.165, 1.54) is 12.1 Å². The highest BCUT2D eigenvalue weighted by Gasteiger charge is 2.18. The topological polar surface area (TPSA) is 72.2 Å². The van der Waals surface area contributed by atoms with Crippen LogP contribution in [0.4, 0.5) is 10.1 Å². The Kier molecular flexibility index (Phi) is 5.10. The van der Waals surface area contributed by atoms with Crippen LogP contribution in [-0.2, 0) is 10.0 Å². The van der Waals surface area contributed by atoms with Crippen LogP contribution < -0.4 is 10.5 Å². The molecule has 0 aliphatic carbocycles. The highest BCUT2D eigenvalue weighted by atomic mass is 32.2. The summed E-state index contributed by atoms with van der Waals surface area (Å²) in [6.07, 6.45) is 0.520. The highest BCUT2D eigenvalue weighted by molar-refractivity contribution is 7.92. The summed E-state index contributed by atoms with van der Waals surface area (Å²) in [5.74, 6) is -0.578. The van der Waals surface area contributed by atoms with E-state index in [4.69, 9.17) is 18.0 Å². The van der Waals surface area contributed by atoms with Crippen LogP contribution in [0.1, 0.15) is 32.8 Å². The molecule has 1 rings (SSSR count). The van der Waals surface area contributed by atoms with Crippen molar-refractivity contribution >= 4 is 32.9 Å². The van der Waals surface area contributed by atoms with Crippen LogP contribution in [0.5, 0.6) is 0 Å². The van der Waals surface area contributed by atoms with Crippen LogP contribution in [0.2, 0.25) is 0 Å². The molecule has 0 heterocycles. The van der Waals surface area contributed by atoms with Gasteiger partial charge in [0.15, 0.2) is 0 Å². The average molecular weight is 318 g/mol. The van der Waals surface area contributed by atoms with E-state index in [-0.39, 0.29) is 27.4 Å². The smallest absolute Gasteiger partial charge is 0.232 e. The molecule has 1 aromatic carbocycles. The van der Waals surface area contributed by atoms with Crippen LogP contribution in [0.25, 0.3) is 0 Å². The van der Waals surface area contributed by atoms with E-state index in [9.17, 15) is 12.8 Å². The highest BCUT2D eigenvalue weighted by Crippen LogP contribution is 2.21. The van der Waals surface area contributed by atoms with Gasteiger partial charge in [0.25, 0.3) is 0 Å². The van der Waals surface area contributed by atoms with Crippen molar-refractivity contribution in [3.63, 3.8) is 0 Å². The van der Waals surface area contributed by atoms with Gasteiger partial charge in [-0.05, 0) is 30.0 Å². The summed E-state index contributed by atoms with van der Waals surface area (Å²) in [6.45, 7) is 5.89. The van der Waals surface area contributed by atoms with Crippen molar-refractivity contribution in [2.75, 3.05) is 10.5 Å². The zero-order chi connectivity index (χ0) is 15.6. The first kappa shape index (κ1) is 16.8. The molecule has 112 valence electrons. The zero-order valence-corrected chi connectivity index (χ0v) is 13.4. The fourth-order valence-corrected chi connectivity index (χ4v) is 3.07. The van der Waals surface area contributed by atoms with E-state index in [1.807, 2.05) is 20.8 Å². The summed E-state index contributed by atoms with van der Waals surface area (Å²) in [6, 6.07) is 3.77. The number of nitrogens with two attached hydrogens (primary N) is 1. The van der Waals surface area contributed by atoms with E-state index in [0.29, 0.717) is 6.42 Å². The molecule has 0 saturated carbocycles. The molecule has 20 heavy (non-hydrogen) atoms. The zero-order valence-electron chi connectivity index (χ0n) is 11.7. The molecule has 0 amide bonds. The Morgan fingerprint density at radius 1 is 1.40 bits per heavy atom. The summed E-state index contributed by atoms with van der Waals surface area (Å²) in [5, 5.41) is 0. The maximum Gasteiger partial charge on any atom is 0.232 e. The van der Waals surface area contributed by atoms with Gasteiger partial charge in [-0.2, -0.15) is 0 Å². The number of sulfonamides is 1. The molecule has 4 nitrogen and oxygen atoms in total. The Labute approximate surface area is 124 Å². The monoisotopic (exact) mass is 318 g/mol. The molecular formula is C13H19FN2O2S2. The van der Waals surface area contributed by atoms with Crippen LogP contribution in [0, 0.1) is 11.2 Å². The minimum Gasteiger partial charge on any atom is -0.389 e. The third-order valence-electron chi connectivity index (χ3n) is 2.63. The average Bonchev–Trinajstić information content (AvgIpc) is 2.28. The third-order valence-corrected chi connectivity index (χ3v) is 4.13. The van der Waals surface area contributed by atoms with Crippen molar-refractivity contribution in [3.8, 4) is 0 Å². The van der Waals surface area contributed by atoms with E-state index in [1.54, 1.807) is 0 Å². The second kappa shape index (κ2) is 6.05. The molecule has 0 saturated heterocycles. The molecule has 0 atom stereocenters. The van der Waals surface area contributed by atoms with Crippen LogP contribution in [0.3, 0.4) is 0 Å². The maximum absolute atomic E-state index is 13.4. The lowest BCUT2D eigenvalue weighted by atomic mass is 9.94. The summed E-state index contributed by atoms with van der Waals surface area (Å²) in [7, 11) is -3.48. The minimum atomic E-state index is -3.48. The molecule has 7 heteroatoms. The van der Waals surface area contributed by atoms with Gasteiger partial charge in [0, 0.05) is 11.3 Å². The lowest BCUT2D eigenvalue weighted by Gasteiger charge is -2.18. The number of nitrogens with one attached hydrogen (secondary N) is 1. The van der Waals surface area contributed by atoms with Gasteiger partial charge >= 0.3 is 0 Å². The number of benzene rings is 1. The van der Waals surface area contributed by atoms with Crippen molar-refractivity contribution in [1.82, 2.24) is 0 Å². The molecule has 0 spiro atoms. The van der Waals surface area contributed by atoms with Crippen LogP contribution in [0.15, 0.2) is 18.2 Å². The van der Waals surface area contributed by atoms with Crippen molar-refractivity contribution in [1.29, 1.82) is 0 Å². The quantitative estimate of drug-likeness (QED) is 0.819. The van der Waals surface area contributed by atoms with Gasteiger partial charge < -0.3 is 5.73 Å². The third kappa shape index (κ3) is 5.42. The Bertz CT molecular complexity index is 607. The van der Waals surface area contributed by atoms with E-state index >= 15 is 0 Å². The summed E-state index contributed by atoms with van der Waals surface area (Å²) in [5.41, 5.74) is 5.57. The molecule has 0 aromatic heterocycles. The fourth-order valence-electron chi connectivity index (χ4n) is 1.45. The predicted octanol–water partition coefficient (Wildman–Crippen LogP) is 2.64. The van der Waals surface area contributed by atoms with Gasteiger partial charge in [0.05, 0.1) is 5.75 Å². The fraction of sp³-hybridized carbons (Fsp3) is 0.462. The number of hydrogen-bond donors (Lipinski definition) is 2. The van der Waals surface area contributed by atoms with Crippen molar-refractivity contribution in [2.45, 2.75) is 27.2 Å². The maximum atomic E-state index is 13.4. The van der Waals surface area contributed by atoms with Gasteiger partial charge in [-0.1, -0.05) is 33.0 Å². The van der Waals surface area contributed by atoms with Gasteiger partial charge in [-0.3, -0.25) is 4.72 Å². The van der Waals surface area contributed by atoms with Gasteiger partial charge in [-0.25, -0.2) is 12.8 Å². The first-order valence-electron chi connectivity index (χ1n) is 6.10. The molecule has 0 aliphatic rings. The molecule has 1 aromatic rings. The number of halogens is 1. The number of anilines is 1. The second-order valence-electron chi connectivity index (χ2n) is 5.79. The van der Waals surface area contributed by atoms with Crippen LogP contribution >= 0.6 is 12.2 Å². The summed E-state index contributed by atoms with van der Waals surface area (Å²) in [4.78, 5) is -0.113. The molecule has 0 aliphatic heterocycles. The van der Waals surface area contributed by atoms with Crippen molar-refractivity contribution < 1.29 is 12.8 Å². The molecule has 0 unspecified atom stereocenters. The molecule has 3 N–H and O–H groups in total. The SMILES string of the molecule is CC(C)(C)CCS(=O)(=O)Nc1ccc(F)c(C(N)=S)c1. The Balaban J connectivity index is 2.88. The van der Waals surface area contributed by atoms with Crippen molar-refractivity contribution in [3.05, 3.63) is 29.6 Å². The Morgan fingerprint density at radius 2 is 2.00 bits per heavy atom. The minimum absolute atomic E-state index is 0.00369. The van der Waals surface area contributed by atoms with Crippen LogP contribution in [-0.4, -0.2) is 19.2 Å². The van der Waals surface area contributed by atoms with Gasteiger partial charge in [0.2, 0.25) is 10.0 Å². The molecular weight excluding hydrogens is 299 g/mol. The lowest BCUT2D eigenvalue weighted by molar-refractivity contribution is 0.397. The summed E-state index contributed by atoms with van der Waals surface area (Å²) < 4.78 is 39.7.